The fourth-order valence-corrected chi connectivity index (χ4v) is 24.5. The van der Waals surface area contributed by atoms with Gasteiger partial charge in [0.2, 0.25) is 0 Å². The first-order valence-electron chi connectivity index (χ1n) is 53.0. The van der Waals surface area contributed by atoms with Gasteiger partial charge < -0.3 is 63.4 Å². The van der Waals surface area contributed by atoms with Gasteiger partial charge >= 0.3 is 36.4 Å². The van der Waals surface area contributed by atoms with Gasteiger partial charge in [0.15, 0.2) is 11.6 Å². The van der Waals surface area contributed by atoms with Crippen LogP contribution in [0.15, 0.2) is 176 Å². The molecule has 5 N–H and O–H groups in total. The molecule has 0 bridgehead atoms. The summed E-state index contributed by atoms with van der Waals surface area (Å²) in [5.74, 6) is 7.44. The molecular weight excluding hydrogens is 1870 g/mol. The maximum absolute atomic E-state index is 14.0. The van der Waals surface area contributed by atoms with Gasteiger partial charge in [0.25, 0.3) is 0 Å². The summed E-state index contributed by atoms with van der Waals surface area (Å²) in [6, 6.07) is 57.8. The number of fused-ring (bicyclic) bond motifs is 12. The van der Waals surface area contributed by atoms with Gasteiger partial charge in [-0.25, -0.2) is 4.79 Å². The third-order valence-corrected chi connectivity index (χ3v) is 33.0. The van der Waals surface area contributed by atoms with E-state index >= 15 is 0 Å². The summed E-state index contributed by atoms with van der Waals surface area (Å²) >= 11 is 0. The summed E-state index contributed by atoms with van der Waals surface area (Å²) < 4.78 is 46.4. The highest BCUT2D eigenvalue weighted by atomic mass is 16.6. The minimum atomic E-state index is -0.925. The number of hydrogen-bond donors (Lipinski definition) is 5. The van der Waals surface area contributed by atoms with Crippen molar-refractivity contribution in [3.05, 3.63) is 259 Å². The number of Topliss-reactive ketones (excluding diaryl/α,β-unsaturated/α-hetero) is 2. The van der Waals surface area contributed by atoms with Crippen LogP contribution in [-0.4, -0.2) is 165 Å². The highest BCUT2D eigenvalue weighted by Gasteiger charge is 2.58. The average molecular weight is 2040 g/mol. The standard InChI is InChI=1S/C54H74O8.2C19H28.C12H18O6.C10H10O2.C7H6O2.3CO2/c1-35(2)37-16-20-45-39(28-37)18-22-47-51(45,5)24-12-26-53(47,7)49(55)61-33-43(57-9)31-59-41-14-11-15-42(30-41)60-32-44(58-10)34-62-50(56)54(8)27-13-25-52(6)46-21-17-38(36(3)4)29-40(46)19-23-48(52)54;2*1-13(2)15-7-10-18-16(12-15)8-9-17-14(3)6-5-11-19(17,18)4;13-5-9(15)7-17-11-2-1-3-12(4-11)18-8-10(16)6-14;1-7(11)9-3-5-10(6-4-9)8(2)12;8-7(9)6-4-2-1-3-5-6;3*2-1-3/h11,14-17,20-21,28-30,35-36,43-44,47-48H,12-13,18-19,22-27,31-34H2,1-10H3;2*7,10,12-14,17H,5-6,8-9,11H2,1-4H3;1-4,9-10,13-16H,5-8H2;3-6H,1-2H3;1-5H,(H,8,9);;;/t;14?,17?,19-;;;;;;;/m.0......./s1. The van der Waals surface area contributed by atoms with Gasteiger partial charge in [0.05, 0.1) is 29.6 Å². The number of carbonyl (C=O) groups excluding carboxylic acids is 10. The van der Waals surface area contributed by atoms with Crippen LogP contribution in [0.2, 0.25) is 0 Å². The average Bonchev–Trinajstić information content (AvgIpc) is 0.723. The van der Waals surface area contributed by atoms with E-state index in [9.17, 15) is 24.0 Å². The number of ketones is 2. The summed E-state index contributed by atoms with van der Waals surface area (Å²) in [4.78, 5) is 109. The Morgan fingerprint density at radius 2 is 0.642 bits per heavy atom. The van der Waals surface area contributed by atoms with Crippen molar-refractivity contribution in [2.75, 3.05) is 67.1 Å². The van der Waals surface area contributed by atoms with E-state index in [1.54, 1.807) is 115 Å². The highest BCUT2D eigenvalue weighted by Crippen LogP contribution is 2.61. The van der Waals surface area contributed by atoms with Gasteiger partial charge in [-0.05, 0) is 302 Å². The molecule has 16 rings (SSSR count). The zero-order chi connectivity index (χ0) is 109. The maximum atomic E-state index is 14.0. The molecule has 8 aromatic carbocycles. The molecule has 8 aromatic rings. The van der Waals surface area contributed by atoms with E-state index < -0.39 is 41.2 Å². The lowest BCUT2D eigenvalue weighted by Gasteiger charge is -2.54. The maximum Gasteiger partial charge on any atom is 0.373 e. The fourth-order valence-electron chi connectivity index (χ4n) is 24.5. The summed E-state index contributed by atoms with van der Waals surface area (Å²) in [5, 5.41) is 43.9. The molecule has 4 saturated carbocycles. The predicted octanol–water partition coefficient (Wildman–Crippen LogP) is 23.0. The van der Waals surface area contributed by atoms with E-state index in [1.807, 2.05) is 24.3 Å². The quantitative estimate of drug-likeness (QED) is 0.0215. The third kappa shape index (κ3) is 31.9. The van der Waals surface area contributed by atoms with Crippen molar-refractivity contribution in [2.24, 2.45) is 46.3 Å². The molecule has 0 aliphatic heterocycles. The molecule has 16 atom stereocenters. The van der Waals surface area contributed by atoms with E-state index in [4.69, 9.17) is 92.2 Å². The van der Waals surface area contributed by atoms with Crippen LogP contribution >= 0.6 is 0 Å². The van der Waals surface area contributed by atoms with Crippen molar-refractivity contribution < 1.29 is 116 Å². The van der Waals surface area contributed by atoms with Gasteiger partial charge in [-0.1, -0.05) is 263 Å². The Bertz CT molecular complexity index is 5370. The van der Waals surface area contributed by atoms with E-state index in [0.29, 0.717) is 74.2 Å². The lowest BCUT2D eigenvalue weighted by Crippen LogP contribution is -2.53. The van der Waals surface area contributed by atoms with E-state index in [0.717, 1.165) is 87.9 Å². The Morgan fingerprint density at radius 3 is 0.919 bits per heavy atom. The Morgan fingerprint density at radius 1 is 0.351 bits per heavy atom. The number of ether oxygens (including phenoxy) is 8. The molecule has 0 saturated heterocycles. The summed E-state index contributed by atoms with van der Waals surface area (Å²) in [6.45, 7) is 40.1. The smallest absolute Gasteiger partial charge is 0.373 e. The van der Waals surface area contributed by atoms with Crippen LogP contribution in [-0.2, 0) is 105 Å². The molecule has 24 heteroatoms. The highest BCUT2D eigenvalue weighted by molar-refractivity contribution is 5.97. The minimum absolute atomic E-state index is 0.0147. The molecule has 0 radical (unpaired) electrons. The van der Waals surface area contributed by atoms with Crippen molar-refractivity contribution in [1.82, 2.24) is 0 Å². The molecule has 804 valence electrons. The van der Waals surface area contributed by atoms with Crippen molar-refractivity contribution in [3.8, 4) is 23.0 Å². The molecule has 4 fully saturated rings. The number of esters is 2. The zero-order valence-corrected chi connectivity index (χ0v) is 91.1. The normalized spacial score (nSPS) is 23.9. The van der Waals surface area contributed by atoms with Crippen LogP contribution < -0.4 is 18.9 Å². The largest absolute Gasteiger partial charge is 0.491 e. The van der Waals surface area contributed by atoms with Crippen LogP contribution in [0.4, 0.5) is 0 Å². The molecule has 24 nitrogen and oxygen atoms in total. The molecule has 0 aromatic heterocycles. The third-order valence-electron chi connectivity index (χ3n) is 33.0. The number of rotatable bonds is 29. The van der Waals surface area contributed by atoms with Crippen LogP contribution in [0, 0.1) is 46.3 Å². The number of benzene rings is 8. The number of aromatic carboxylic acids is 1. The number of aliphatic hydroxyl groups excluding tert-OH is 4. The Labute approximate surface area is 877 Å². The van der Waals surface area contributed by atoms with Crippen LogP contribution in [0.1, 0.15) is 349 Å². The predicted molar refractivity (Wildman–Crippen MR) is 568 cm³/mol. The molecule has 0 spiro atoms. The molecule has 8 aliphatic rings. The number of carboxylic acids is 1. The van der Waals surface area contributed by atoms with Gasteiger partial charge in [0, 0.05) is 37.5 Å². The van der Waals surface area contributed by atoms with Crippen molar-refractivity contribution in [2.45, 2.75) is 323 Å². The second-order valence-electron chi connectivity index (χ2n) is 44.1. The topological polar surface area (TPSA) is 363 Å². The van der Waals surface area contributed by atoms with Crippen LogP contribution in [0.5, 0.6) is 23.0 Å². The lowest BCUT2D eigenvalue weighted by molar-refractivity contribution is -0.193. The lowest BCUT2D eigenvalue weighted by atomic mass is 9.49. The van der Waals surface area contributed by atoms with Crippen molar-refractivity contribution in [3.63, 3.8) is 0 Å². The number of methoxy groups -OCH3 is 2. The second kappa shape index (κ2) is 57.6. The number of aryl methyl sites for hydroxylation is 4. The summed E-state index contributed by atoms with van der Waals surface area (Å²) in [6.07, 6.45) is 21.7. The molecule has 148 heavy (non-hydrogen) atoms. The second-order valence-corrected chi connectivity index (χ2v) is 44.1. The Kier molecular flexibility index (Phi) is 47.4. The molecule has 0 heterocycles. The molecular formula is C124H164O24. The van der Waals surface area contributed by atoms with E-state index in [-0.39, 0.29) is 117 Å². The minimum Gasteiger partial charge on any atom is -0.491 e. The van der Waals surface area contributed by atoms with E-state index in [1.165, 1.54) is 123 Å². The first-order valence-corrected chi connectivity index (χ1v) is 53.0. The Hall–Kier alpha value is -11.4. The van der Waals surface area contributed by atoms with Crippen LogP contribution in [0.3, 0.4) is 0 Å². The van der Waals surface area contributed by atoms with Gasteiger partial charge in [-0.2, -0.15) is 28.8 Å². The number of carboxylic acid groups (broad SMARTS) is 1. The first-order chi connectivity index (χ1) is 70.4. The molecule has 15 unspecified atom stereocenters. The van der Waals surface area contributed by atoms with Crippen LogP contribution in [0.25, 0.3) is 0 Å². The summed E-state index contributed by atoms with van der Waals surface area (Å²) in [5.41, 5.74) is 19.5. The number of aliphatic hydroxyl groups is 4. The molecule has 0 amide bonds. The number of carbonyl (C=O) groups is 5. The first kappa shape index (κ1) is 122. The van der Waals surface area contributed by atoms with Gasteiger partial charge in [0.1, 0.15) is 87.1 Å². The fraction of sp³-hybridized carbons (Fsp3) is 0.548. The summed E-state index contributed by atoms with van der Waals surface area (Å²) in [7, 11) is 3.23. The Balaban J connectivity index is 0.000000250. The van der Waals surface area contributed by atoms with Gasteiger partial charge in [-0.15, -0.1) is 0 Å². The zero-order valence-electron chi connectivity index (χ0n) is 91.1. The van der Waals surface area contributed by atoms with Crippen molar-refractivity contribution >= 4 is 47.9 Å². The SMILES string of the molecule is CC(=O)c1ccc(C(C)=O)cc1.CC(C)c1ccc2c(c1)CCC1C(C)CCCC21C.CC(C)c1ccc2c(c1)CCC1C(C)CCC[C@]21C.COC(COC(=O)C1(C)CCCC2(C)c3ccc(C(C)C)cc3CCC12)COc1cccc(OCC(COC(=O)C2(C)CCCC3(C)c4ccc(C(C)C)cc4CCC23)OC)c1.O=C(O)c1ccccc1.O=C=O.O=C=O.O=C=O.OCC(O)COc1cccc(OCC(O)CO)c1. The van der Waals surface area contributed by atoms with Crippen molar-refractivity contribution in [1.29, 1.82) is 0 Å². The molecule has 8 aliphatic carbocycles. The monoisotopic (exact) mass is 2040 g/mol. The number of hydrogen-bond acceptors (Lipinski definition) is 23. The van der Waals surface area contributed by atoms with Gasteiger partial charge in [-0.3, -0.25) is 19.2 Å². The van der Waals surface area contributed by atoms with E-state index in [2.05, 4.69) is 184 Å².